The molecule has 0 aliphatic rings. The molecule has 0 saturated heterocycles. The molecule has 0 spiro atoms. The van der Waals surface area contributed by atoms with E-state index in [1.807, 2.05) is 30.3 Å². The van der Waals surface area contributed by atoms with Crippen LogP contribution < -0.4 is 5.73 Å². The zero-order valence-corrected chi connectivity index (χ0v) is 12.7. The molecule has 0 unspecified atom stereocenters. The first-order chi connectivity index (χ1) is 9.97. The van der Waals surface area contributed by atoms with Gasteiger partial charge in [0.25, 0.3) is 0 Å². The largest absolute Gasteiger partial charge is 0.436 e. The predicted octanol–water partition coefficient (Wildman–Crippen LogP) is 4.25. The summed E-state index contributed by atoms with van der Waals surface area (Å²) < 4.78 is 5.85. The van der Waals surface area contributed by atoms with Gasteiger partial charge in [-0.1, -0.05) is 39.0 Å². The van der Waals surface area contributed by atoms with Crippen LogP contribution in [0.3, 0.4) is 0 Å². The predicted molar refractivity (Wildman–Crippen MR) is 86.0 cm³/mol. The number of oxazole rings is 1. The summed E-state index contributed by atoms with van der Waals surface area (Å²) in [7, 11) is 0. The quantitative estimate of drug-likeness (QED) is 0.763. The third kappa shape index (κ3) is 2.69. The molecule has 2 N–H and O–H groups in total. The molecule has 3 nitrogen and oxygen atoms in total. The van der Waals surface area contributed by atoms with Crippen LogP contribution in [0.25, 0.3) is 22.6 Å². The zero-order valence-electron chi connectivity index (χ0n) is 12.7. The zero-order chi connectivity index (χ0) is 15.0. The molecule has 3 aromatic rings. The Balaban J connectivity index is 2.04. The number of fused-ring (bicyclic) bond motifs is 1. The van der Waals surface area contributed by atoms with E-state index in [1.54, 1.807) is 0 Å². The third-order valence-corrected chi connectivity index (χ3v) is 3.69. The summed E-state index contributed by atoms with van der Waals surface area (Å²) in [5.74, 6) is 0.652. The number of aromatic nitrogens is 1. The van der Waals surface area contributed by atoms with E-state index in [0.717, 1.165) is 22.2 Å². The van der Waals surface area contributed by atoms with Crippen LogP contribution in [0.2, 0.25) is 0 Å². The number of rotatable bonds is 2. The van der Waals surface area contributed by atoms with Crippen molar-refractivity contribution in [3.63, 3.8) is 0 Å². The van der Waals surface area contributed by atoms with Gasteiger partial charge in [0, 0.05) is 12.1 Å². The Kier molecular flexibility index (Phi) is 3.30. The Hall–Kier alpha value is -2.13. The molecule has 0 aliphatic heterocycles. The van der Waals surface area contributed by atoms with Crippen molar-refractivity contribution in [3.05, 3.63) is 53.6 Å². The minimum atomic E-state index is 0.107. The summed E-state index contributed by atoms with van der Waals surface area (Å²) in [4.78, 5) is 4.61. The van der Waals surface area contributed by atoms with Gasteiger partial charge < -0.3 is 10.2 Å². The molecule has 0 amide bonds. The van der Waals surface area contributed by atoms with Gasteiger partial charge in [0.1, 0.15) is 5.52 Å². The van der Waals surface area contributed by atoms with Gasteiger partial charge in [0.2, 0.25) is 5.89 Å². The molecule has 0 aliphatic carbocycles. The van der Waals surface area contributed by atoms with Crippen molar-refractivity contribution >= 4 is 11.1 Å². The second-order valence-electron chi connectivity index (χ2n) is 6.35. The summed E-state index contributed by atoms with van der Waals surface area (Å²) in [6.07, 6.45) is 0. The molecular weight excluding hydrogens is 260 g/mol. The van der Waals surface area contributed by atoms with Crippen molar-refractivity contribution in [2.45, 2.75) is 32.7 Å². The molecule has 0 bridgehead atoms. The van der Waals surface area contributed by atoms with Crippen molar-refractivity contribution in [2.24, 2.45) is 5.73 Å². The lowest BCUT2D eigenvalue weighted by atomic mass is 9.87. The lowest BCUT2D eigenvalue weighted by Gasteiger charge is -2.18. The smallest absolute Gasteiger partial charge is 0.227 e. The molecule has 3 heteroatoms. The van der Waals surface area contributed by atoms with Gasteiger partial charge in [-0.25, -0.2) is 4.98 Å². The molecule has 1 aromatic heterocycles. The maximum atomic E-state index is 5.85. The molecule has 0 saturated carbocycles. The Morgan fingerprint density at radius 2 is 1.76 bits per heavy atom. The second kappa shape index (κ2) is 5.01. The van der Waals surface area contributed by atoms with Crippen LogP contribution in [0.5, 0.6) is 0 Å². The van der Waals surface area contributed by atoms with E-state index in [9.17, 15) is 0 Å². The fourth-order valence-corrected chi connectivity index (χ4v) is 2.30. The Morgan fingerprint density at radius 1 is 1.05 bits per heavy atom. The first-order valence-corrected chi connectivity index (χ1v) is 7.18. The Bertz CT molecular complexity index is 764. The maximum Gasteiger partial charge on any atom is 0.227 e. The fraction of sp³-hybridized carbons (Fsp3) is 0.278. The van der Waals surface area contributed by atoms with E-state index < -0.39 is 0 Å². The van der Waals surface area contributed by atoms with Crippen molar-refractivity contribution in [1.82, 2.24) is 4.98 Å². The third-order valence-electron chi connectivity index (χ3n) is 3.69. The highest BCUT2D eigenvalue weighted by molar-refractivity contribution is 5.77. The summed E-state index contributed by atoms with van der Waals surface area (Å²) in [6, 6.07) is 14.2. The average molecular weight is 280 g/mol. The van der Waals surface area contributed by atoms with E-state index in [2.05, 4.69) is 37.9 Å². The summed E-state index contributed by atoms with van der Waals surface area (Å²) in [5, 5.41) is 0. The van der Waals surface area contributed by atoms with Crippen LogP contribution in [0.4, 0.5) is 0 Å². The topological polar surface area (TPSA) is 52.0 Å². The summed E-state index contributed by atoms with van der Waals surface area (Å²) in [5.41, 5.74) is 10.8. The molecule has 108 valence electrons. The van der Waals surface area contributed by atoms with Crippen LogP contribution in [-0.4, -0.2) is 4.98 Å². The SMILES string of the molecule is CC(C)(C)c1ccc2oc(-c3ccc(CN)cc3)nc2c1. The molecule has 0 fully saturated rings. The van der Waals surface area contributed by atoms with Crippen LogP contribution in [0.15, 0.2) is 46.9 Å². The van der Waals surface area contributed by atoms with E-state index in [1.165, 1.54) is 5.56 Å². The molecule has 0 radical (unpaired) electrons. The highest BCUT2D eigenvalue weighted by Gasteiger charge is 2.16. The highest BCUT2D eigenvalue weighted by atomic mass is 16.3. The number of benzene rings is 2. The van der Waals surface area contributed by atoms with Gasteiger partial charge in [-0.05, 0) is 40.8 Å². The Morgan fingerprint density at radius 3 is 2.38 bits per heavy atom. The van der Waals surface area contributed by atoms with E-state index in [4.69, 9.17) is 10.2 Å². The number of hydrogen-bond donors (Lipinski definition) is 1. The highest BCUT2D eigenvalue weighted by Crippen LogP contribution is 2.29. The van der Waals surface area contributed by atoms with E-state index >= 15 is 0 Å². The number of nitrogens with two attached hydrogens (primary N) is 1. The van der Waals surface area contributed by atoms with Crippen LogP contribution in [0.1, 0.15) is 31.9 Å². The second-order valence-corrected chi connectivity index (χ2v) is 6.35. The van der Waals surface area contributed by atoms with Crippen LogP contribution in [-0.2, 0) is 12.0 Å². The summed E-state index contributed by atoms with van der Waals surface area (Å²) in [6.45, 7) is 7.13. The lowest BCUT2D eigenvalue weighted by Crippen LogP contribution is -2.10. The van der Waals surface area contributed by atoms with E-state index in [0.29, 0.717) is 12.4 Å². The normalized spacial score (nSPS) is 12.0. The number of nitrogens with zero attached hydrogens (tertiary/aromatic N) is 1. The molecular formula is C18H20N2O. The molecule has 1 heterocycles. The molecule has 21 heavy (non-hydrogen) atoms. The lowest BCUT2D eigenvalue weighted by molar-refractivity contribution is 0.590. The van der Waals surface area contributed by atoms with Gasteiger partial charge in [-0.15, -0.1) is 0 Å². The van der Waals surface area contributed by atoms with Crippen molar-refractivity contribution < 1.29 is 4.42 Å². The minimum Gasteiger partial charge on any atom is -0.436 e. The first kappa shape index (κ1) is 13.8. The molecule has 2 aromatic carbocycles. The van der Waals surface area contributed by atoms with Gasteiger partial charge in [-0.2, -0.15) is 0 Å². The van der Waals surface area contributed by atoms with Crippen molar-refractivity contribution in [3.8, 4) is 11.5 Å². The summed E-state index contributed by atoms with van der Waals surface area (Å²) >= 11 is 0. The van der Waals surface area contributed by atoms with Gasteiger partial charge in [0.05, 0.1) is 0 Å². The van der Waals surface area contributed by atoms with Crippen molar-refractivity contribution in [1.29, 1.82) is 0 Å². The first-order valence-electron chi connectivity index (χ1n) is 7.18. The van der Waals surface area contributed by atoms with Crippen LogP contribution >= 0.6 is 0 Å². The average Bonchev–Trinajstić information content (AvgIpc) is 2.89. The van der Waals surface area contributed by atoms with Gasteiger partial charge in [-0.3, -0.25) is 0 Å². The fourth-order valence-electron chi connectivity index (χ4n) is 2.30. The number of hydrogen-bond acceptors (Lipinski definition) is 3. The van der Waals surface area contributed by atoms with Crippen LogP contribution in [0, 0.1) is 0 Å². The van der Waals surface area contributed by atoms with Gasteiger partial charge >= 0.3 is 0 Å². The van der Waals surface area contributed by atoms with Crippen molar-refractivity contribution in [2.75, 3.05) is 0 Å². The maximum absolute atomic E-state index is 5.85. The van der Waals surface area contributed by atoms with E-state index in [-0.39, 0.29) is 5.41 Å². The minimum absolute atomic E-state index is 0.107. The van der Waals surface area contributed by atoms with Gasteiger partial charge in [0.15, 0.2) is 5.58 Å². The standard InChI is InChI=1S/C18H20N2O/c1-18(2,3)14-8-9-16-15(10-14)20-17(21-16)13-6-4-12(11-19)5-7-13/h4-10H,11,19H2,1-3H3. The molecule has 3 rings (SSSR count). The molecule has 0 atom stereocenters. The monoisotopic (exact) mass is 280 g/mol. The Labute approximate surface area is 124 Å².